The number of carbonyl (C=O) groups excluding carboxylic acids is 1. The van der Waals surface area contributed by atoms with Crippen LogP contribution in [0.1, 0.15) is 26.7 Å². The third kappa shape index (κ3) is 5.02. The molecule has 0 N–H and O–H groups in total. The van der Waals surface area contributed by atoms with Crippen molar-refractivity contribution in [3.63, 3.8) is 0 Å². The number of hydrogen-bond donors (Lipinski definition) is 0. The first-order valence-corrected chi connectivity index (χ1v) is 11.2. The highest BCUT2D eigenvalue weighted by atomic mass is 32.2. The molecule has 1 heterocycles. The zero-order valence-corrected chi connectivity index (χ0v) is 18.6. The van der Waals surface area contributed by atoms with Crippen molar-refractivity contribution >= 4 is 17.7 Å². The minimum atomic E-state index is 0.123. The van der Waals surface area contributed by atoms with Gasteiger partial charge >= 0.3 is 0 Å². The number of nitrogens with zero attached hydrogens (tertiary/aromatic N) is 4. The van der Waals surface area contributed by atoms with Crippen molar-refractivity contribution in [1.82, 2.24) is 19.7 Å². The Balaban J connectivity index is 1.92. The van der Waals surface area contributed by atoms with E-state index in [1.165, 1.54) is 11.8 Å². The number of carbonyl (C=O) groups is 1. The predicted molar refractivity (Wildman–Crippen MR) is 121 cm³/mol. The predicted octanol–water partition coefficient (Wildman–Crippen LogP) is 4.68. The maximum absolute atomic E-state index is 12.7. The molecule has 0 saturated carbocycles. The van der Waals surface area contributed by atoms with Crippen LogP contribution in [0.2, 0.25) is 0 Å². The molecule has 0 fully saturated rings. The molecule has 0 radical (unpaired) electrons. The highest BCUT2D eigenvalue weighted by Crippen LogP contribution is 2.33. The van der Waals surface area contributed by atoms with E-state index in [9.17, 15) is 4.79 Å². The third-order valence-electron chi connectivity index (χ3n) is 4.84. The summed E-state index contributed by atoms with van der Waals surface area (Å²) in [5.74, 6) is 1.87. The number of hydrogen-bond acceptors (Lipinski definition) is 5. The van der Waals surface area contributed by atoms with Gasteiger partial charge in [-0.25, -0.2) is 0 Å². The monoisotopic (exact) mass is 424 g/mol. The Morgan fingerprint density at radius 1 is 1.07 bits per heavy atom. The van der Waals surface area contributed by atoms with Crippen molar-refractivity contribution in [3.8, 4) is 22.8 Å². The smallest absolute Gasteiger partial charge is 0.233 e. The summed E-state index contributed by atoms with van der Waals surface area (Å²) in [4.78, 5) is 14.6. The number of unbranched alkanes of at least 4 members (excludes halogenated alkanes) is 1. The van der Waals surface area contributed by atoms with Gasteiger partial charge in [0.2, 0.25) is 5.91 Å². The lowest BCUT2D eigenvalue weighted by atomic mass is 10.2. The fourth-order valence-electron chi connectivity index (χ4n) is 3.20. The lowest BCUT2D eigenvalue weighted by Crippen LogP contribution is -2.33. The van der Waals surface area contributed by atoms with Crippen molar-refractivity contribution in [2.45, 2.75) is 31.8 Å². The lowest BCUT2D eigenvalue weighted by Gasteiger charge is -2.20. The van der Waals surface area contributed by atoms with Crippen LogP contribution in [0, 0.1) is 0 Å². The molecule has 0 spiro atoms. The number of amides is 1. The van der Waals surface area contributed by atoms with Gasteiger partial charge in [0.15, 0.2) is 11.0 Å². The summed E-state index contributed by atoms with van der Waals surface area (Å²) in [5.41, 5.74) is 1.80. The van der Waals surface area contributed by atoms with Crippen molar-refractivity contribution < 1.29 is 9.53 Å². The fourth-order valence-corrected chi connectivity index (χ4v) is 4.06. The molecular formula is C23H28N4O2S. The van der Waals surface area contributed by atoms with Gasteiger partial charge in [-0.1, -0.05) is 55.4 Å². The normalized spacial score (nSPS) is 10.8. The van der Waals surface area contributed by atoms with E-state index < -0.39 is 0 Å². The number of para-hydroxylation sites is 2. The number of ether oxygens (including phenoxy) is 1. The lowest BCUT2D eigenvalue weighted by molar-refractivity contribution is -0.128. The summed E-state index contributed by atoms with van der Waals surface area (Å²) in [6.45, 7) is 5.67. The number of thioether (sulfide) groups is 1. The molecular weight excluding hydrogens is 396 g/mol. The molecule has 30 heavy (non-hydrogen) atoms. The first-order chi connectivity index (χ1) is 14.7. The van der Waals surface area contributed by atoms with Crippen molar-refractivity contribution in [2.24, 2.45) is 0 Å². The van der Waals surface area contributed by atoms with Crippen LogP contribution in [-0.4, -0.2) is 51.5 Å². The van der Waals surface area contributed by atoms with Crippen LogP contribution < -0.4 is 4.74 Å². The van der Waals surface area contributed by atoms with E-state index >= 15 is 0 Å². The molecule has 0 aliphatic rings. The maximum Gasteiger partial charge on any atom is 0.233 e. The Morgan fingerprint density at radius 3 is 2.50 bits per heavy atom. The Morgan fingerprint density at radius 2 is 1.80 bits per heavy atom. The number of benzene rings is 2. The van der Waals surface area contributed by atoms with Gasteiger partial charge in [-0.2, -0.15) is 0 Å². The van der Waals surface area contributed by atoms with Gasteiger partial charge in [0.05, 0.1) is 18.4 Å². The first kappa shape index (κ1) is 21.9. The van der Waals surface area contributed by atoms with Crippen LogP contribution in [0.15, 0.2) is 59.8 Å². The number of rotatable bonds is 10. The minimum Gasteiger partial charge on any atom is -0.496 e. The quantitative estimate of drug-likeness (QED) is 0.442. The molecule has 3 aromatic rings. The Kier molecular flexibility index (Phi) is 7.90. The standard InChI is InChI=1S/C23H28N4O2S/c1-4-6-16-26(5-2)21(28)17-30-23-25-24-22(19-14-10-11-15-20(19)29-3)27(23)18-12-8-7-9-13-18/h7-15H,4-6,16-17H2,1-3H3. The molecule has 2 aromatic carbocycles. The maximum atomic E-state index is 12.7. The van der Waals surface area contributed by atoms with Gasteiger partial charge in [0.25, 0.3) is 0 Å². The molecule has 0 bridgehead atoms. The van der Waals surface area contributed by atoms with Gasteiger partial charge in [-0.3, -0.25) is 9.36 Å². The van der Waals surface area contributed by atoms with Crippen LogP contribution in [0.5, 0.6) is 5.75 Å². The second-order valence-corrected chi connectivity index (χ2v) is 7.74. The average Bonchev–Trinajstić information content (AvgIpc) is 3.22. The highest BCUT2D eigenvalue weighted by Gasteiger charge is 2.20. The van der Waals surface area contributed by atoms with Crippen molar-refractivity contribution in [2.75, 3.05) is 26.0 Å². The van der Waals surface area contributed by atoms with Crippen LogP contribution in [0.4, 0.5) is 0 Å². The average molecular weight is 425 g/mol. The van der Waals surface area contributed by atoms with Gasteiger partial charge in [0.1, 0.15) is 5.75 Å². The van der Waals surface area contributed by atoms with Gasteiger partial charge < -0.3 is 9.64 Å². The highest BCUT2D eigenvalue weighted by molar-refractivity contribution is 7.99. The van der Waals surface area contributed by atoms with Crippen molar-refractivity contribution in [3.05, 3.63) is 54.6 Å². The van der Waals surface area contributed by atoms with Gasteiger partial charge in [0, 0.05) is 18.8 Å². The molecule has 7 heteroatoms. The largest absolute Gasteiger partial charge is 0.496 e. The van der Waals surface area contributed by atoms with E-state index in [1.54, 1.807) is 7.11 Å². The summed E-state index contributed by atoms with van der Waals surface area (Å²) in [5, 5.41) is 9.55. The second kappa shape index (κ2) is 10.8. The molecule has 0 unspecified atom stereocenters. The summed E-state index contributed by atoms with van der Waals surface area (Å²) < 4.78 is 7.52. The zero-order valence-electron chi connectivity index (χ0n) is 17.7. The molecule has 0 atom stereocenters. The van der Waals surface area contributed by atoms with Gasteiger partial charge in [-0.05, 0) is 37.6 Å². The second-order valence-electron chi connectivity index (χ2n) is 6.79. The van der Waals surface area contributed by atoms with E-state index in [0.29, 0.717) is 16.7 Å². The van der Waals surface area contributed by atoms with E-state index in [2.05, 4.69) is 17.1 Å². The van der Waals surface area contributed by atoms with E-state index in [4.69, 9.17) is 4.74 Å². The third-order valence-corrected chi connectivity index (χ3v) is 5.75. The topological polar surface area (TPSA) is 60.3 Å². The molecule has 6 nitrogen and oxygen atoms in total. The summed E-state index contributed by atoms with van der Waals surface area (Å²) in [7, 11) is 1.64. The Labute approximate surface area is 182 Å². The van der Waals surface area contributed by atoms with E-state index in [-0.39, 0.29) is 5.91 Å². The van der Waals surface area contributed by atoms with Crippen LogP contribution >= 0.6 is 11.8 Å². The Hall–Kier alpha value is -2.80. The summed E-state index contributed by atoms with van der Waals surface area (Å²) in [6.07, 6.45) is 2.09. The van der Waals surface area contributed by atoms with Crippen molar-refractivity contribution in [1.29, 1.82) is 0 Å². The molecule has 0 aliphatic carbocycles. The number of aromatic nitrogens is 3. The SMILES string of the molecule is CCCCN(CC)C(=O)CSc1nnc(-c2ccccc2OC)n1-c1ccccc1. The molecule has 3 rings (SSSR count). The molecule has 1 amide bonds. The number of methoxy groups -OCH3 is 1. The van der Waals surface area contributed by atoms with Crippen LogP contribution in [-0.2, 0) is 4.79 Å². The molecule has 0 aliphatic heterocycles. The van der Waals surface area contributed by atoms with Crippen LogP contribution in [0.3, 0.4) is 0 Å². The van der Waals surface area contributed by atoms with Crippen LogP contribution in [0.25, 0.3) is 17.1 Å². The summed E-state index contributed by atoms with van der Waals surface area (Å²) >= 11 is 1.41. The fraction of sp³-hybridized carbons (Fsp3) is 0.348. The van der Waals surface area contributed by atoms with E-state index in [1.807, 2.05) is 71.0 Å². The molecule has 158 valence electrons. The molecule has 0 saturated heterocycles. The Bertz CT molecular complexity index is 959. The zero-order chi connectivity index (χ0) is 21.3. The van der Waals surface area contributed by atoms with Gasteiger partial charge in [-0.15, -0.1) is 10.2 Å². The van der Waals surface area contributed by atoms with E-state index in [0.717, 1.165) is 42.9 Å². The molecule has 1 aromatic heterocycles. The minimum absolute atomic E-state index is 0.123. The summed E-state index contributed by atoms with van der Waals surface area (Å²) in [6, 6.07) is 17.7. The first-order valence-electron chi connectivity index (χ1n) is 10.2.